The van der Waals surface area contributed by atoms with Gasteiger partial charge in [-0.05, 0) is 25.7 Å². The van der Waals surface area contributed by atoms with Gasteiger partial charge in [-0.15, -0.1) is 0 Å². The molecule has 0 aliphatic heterocycles. The molecule has 0 bridgehead atoms. The number of hydrogen-bond acceptors (Lipinski definition) is 3. The van der Waals surface area contributed by atoms with Crippen LogP contribution in [0.5, 0.6) is 0 Å². The molecule has 0 atom stereocenters. The van der Waals surface area contributed by atoms with Crippen molar-refractivity contribution < 1.29 is 52.5 Å². The van der Waals surface area contributed by atoms with E-state index in [1.54, 1.807) is 0 Å². The summed E-state index contributed by atoms with van der Waals surface area (Å²) in [4.78, 5) is 0. The van der Waals surface area contributed by atoms with E-state index in [1.165, 1.54) is 44.9 Å². The van der Waals surface area contributed by atoms with Gasteiger partial charge in [-0.1, -0.05) is 33.1 Å². The van der Waals surface area contributed by atoms with Crippen molar-refractivity contribution in [1.29, 1.82) is 0 Å². The number of nitrogens with one attached hydrogen (secondary N) is 1. The Bertz CT molecular complexity index is 599. The predicted molar refractivity (Wildman–Crippen MR) is 86.8 cm³/mol. The molecule has 0 spiro atoms. The molecule has 2 N–H and O–H groups in total. The van der Waals surface area contributed by atoms with Crippen LogP contribution in [0.15, 0.2) is 0 Å². The number of halogens is 9. The van der Waals surface area contributed by atoms with Crippen LogP contribution in [-0.4, -0.2) is 48.3 Å². The van der Waals surface area contributed by atoms with E-state index in [1.807, 2.05) is 0 Å². The lowest BCUT2D eigenvalue weighted by molar-refractivity contribution is -0.382. The minimum absolute atomic E-state index is 0.771. The summed E-state index contributed by atoms with van der Waals surface area (Å²) < 4.78 is 134. The van der Waals surface area contributed by atoms with E-state index in [9.17, 15) is 47.9 Å². The Hall–Kier alpha value is -0.760. The maximum Gasteiger partial charge on any atom is 0.460 e. The third-order valence-electron chi connectivity index (χ3n) is 4.50. The summed E-state index contributed by atoms with van der Waals surface area (Å²) in [7, 11) is -7.17. The molecule has 1 aliphatic rings. The molecule has 14 heteroatoms. The third kappa shape index (κ3) is 6.61. The zero-order valence-corrected chi connectivity index (χ0v) is 16.5. The van der Waals surface area contributed by atoms with Crippen molar-refractivity contribution in [3.05, 3.63) is 0 Å². The van der Waals surface area contributed by atoms with Gasteiger partial charge in [-0.3, -0.25) is 4.55 Å². The van der Waals surface area contributed by atoms with Crippen LogP contribution in [-0.2, 0) is 10.1 Å². The van der Waals surface area contributed by atoms with E-state index >= 15 is 0 Å². The molecule has 0 aromatic rings. The van der Waals surface area contributed by atoms with Crippen molar-refractivity contribution in [2.24, 2.45) is 0 Å². The largest absolute Gasteiger partial charge is 0.460 e. The fourth-order valence-electron chi connectivity index (χ4n) is 2.65. The highest BCUT2D eigenvalue weighted by Gasteiger charge is 2.85. The minimum Gasteiger partial charge on any atom is -0.311 e. The van der Waals surface area contributed by atoms with Gasteiger partial charge in [0, 0.05) is 12.1 Å². The summed E-state index contributed by atoms with van der Waals surface area (Å²) in [5, 5.41) is -3.25. The minimum atomic E-state index is -7.37. The second-order valence-corrected chi connectivity index (χ2v) is 8.12. The molecule has 0 radical (unpaired) electrons. The molecule has 1 aliphatic carbocycles. The van der Waals surface area contributed by atoms with Gasteiger partial charge in [-0.25, -0.2) is 0 Å². The second kappa shape index (κ2) is 10.0. The Balaban J connectivity index is 0.000000571. The monoisotopic (exact) mass is 469 g/mol. The molecule has 0 amide bonds. The fourth-order valence-corrected chi connectivity index (χ4v) is 3.10. The lowest BCUT2D eigenvalue weighted by Crippen LogP contribution is -2.63. The van der Waals surface area contributed by atoms with Crippen LogP contribution < -0.4 is 5.32 Å². The molecular formula is C15H24F9NO3S. The average Bonchev–Trinajstić information content (AvgIpc) is 2.58. The van der Waals surface area contributed by atoms with Crippen LogP contribution in [0.1, 0.15) is 58.8 Å². The first-order valence-electron chi connectivity index (χ1n) is 8.80. The van der Waals surface area contributed by atoms with E-state index in [2.05, 4.69) is 19.2 Å². The van der Waals surface area contributed by atoms with Crippen LogP contribution >= 0.6 is 0 Å². The van der Waals surface area contributed by atoms with Crippen molar-refractivity contribution in [2.45, 2.75) is 94.2 Å². The number of alkyl halides is 9. The topological polar surface area (TPSA) is 66.4 Å². The Morgan fingerprint density at radius 2 is 1.28 bits per heavy atom. The van der Waals surface area contributed by atoms with E-state index in [4.69, 9.17) is 4.55 Å². The quantitative estimate of drug-likeness (QED) is 0.387. The molecule has 1 fully saturated rings. The molecule has 1 rings (SSSR count). The van der Waals surface area contributed by atoms with E-state index in [-0.39, 0.29) is 0 Å². The maximum absolute atomic E-state index is 12.2. The molecule has 1 saturated carbocycles. The van der Waals surface area contributed by atoms with Crippen molar-refractivity contribution in [3.63, 3.8) is 0 Å². The normalized spacial score (nSPS) is 17.8. The first-order valence-corrected chi connectivity index (χ1v) is 10.2. The summed E-state index contributed by atoms with van der Waals surface area (Å²) in [5.74, 6) is -14.7. The Morgan fingerprint density at radius 1 is 0.862 bits per heavy atom. The van der Waals surface area contributed by atoms with Gasteiger partial charge in [0.2, 0.25) is 0 Å². The Kier molecular flexibility index (Phi) is 9.77. The molecule has 29 heavy (non-hydrogen) atoms. The third-order valence-corrected chi connectivity index (χ3v) is 5.41. The molecule has 0 saturated heterocycles. The standard InChI is InChI=1S/C11H23N.C4HF9O3S/c1-3-10(4-2)12-11-8-6-5-7-9-11;5-1(6,3(9,10)11)2(7,8)4(12,13)17(14,15)16/h10-12H,3-9H2,1-2H3;(H,14,15,16). The second-order valence-electron chi connectivity index (χ2n) is 6.65. The maximum atomic E-state index is 12.2. The van der Waals surface area contributed by atoms with Gasteiger partial charge in [0.25, 0.3) is 0 Å². The zero-order valence-electron chi connectivity index (χ0n) is 15.7. The lowest BCUT2D eigenvalue weighted by Gasteiger charge is -2.31. The van der Waals surface area contributed by atoms with Crippen molar-refractivity contribution in [3.8, 4) is 0 Å². The van der Waals surface area contributed by atoms with E-state index < -0.39 is 33.4 Å². The molecule has 0 aromatic carbocycles. The zero-order chi connectivity index (χ0) is 23.3. The summed E-state index contributed by atoms with van der Waals surface area (Å²) in [6.07, 6.45) is 2.61. The molecule has 176 valence electrons. The molecule has 4 nitrogen and oxygen atoms in total. The van der Waals surface area contributed by atoms with Crippen LogP contribution in [0.2, 0.25) is 0 Å². The summed E-state index contributed by atoms with van der Waals surface area (Å²) >= 11 is 0. The van der Waals surface area contributed by atoms with Gasteiger partial charge >= 0.3 is 33.4 Å². The van der Waals surface area contributed by atoms with Gasteiger partial charge in [-0.2, -0.15) is 47.9 Å². The highest BCUT2D eigenvalue weighted by Crippen LogP contribution is 2.54. The highest BCUT2D eigenvalue weighted by atomic mass is 32.2. The van der Waals surface area contributed by atoms with Crippen LogP contribution in [0, 0.1) is 0 Å². The van der Waals surface area contributed by atoms with Crippen LogP contribution in [0.25, 0.3) is 0 Å². The van der Waals surface area contributed by atoms with Gasteiger partial charge in [0.05, 0.1) is 0 Å². The van der Waals surface area contributed by atoms with Crippen molar-refractivity contribution in [1.82, 2.24) is 5.32 Å². The first kappa shape index (κ1) is 28.2. The number of rotatable bonds is 7. The Morgan fingerprint density at radius 3 is 1.59 bits per heavy atom. The van der Waals surface area contributed by atoms with Crippen LogP contribution in [0.4, 0.5) is 39.5 Å². The smallest absolute Gasteiger partial charge is 0.311 e. The van der Waals surface area contributed by atoms with Crippen molar-refractivity contribution >= 4 is 10.1 Å². The van der Waals surface area contributed by atoms with Gasteiger partial charge < -0.3 is 5.32 Å². The fraction of sp³-hybridized carbons (Fsp3) is 1.00. The van der Waals surface area contributed by atoms with Gasteiger partial charge in [0.1, 0.15) is 0 Å². The summed E-state index contributed by atoms with van der Waals surface area (Å²) in [6, 6.07) is 1.61. The molecular weight excluding hydrogens is 445 g/mol. The van der Waals surface area contributed by atoms with E-state index in [0.29, 0.717) is 0 Å². The highest BCUT2D eigenvalue weighted by molar-refractivity contribution is 7.87. The average molecular weight is 469 g/mol. The summed E-state index contributed by atoms with van der Waals surface area (Å²) in [6.45, 7) is 4.56. The van der Waals surface area contributed by atoms with Gasteiger partial charge in [0.15, 0.2) is 0 Å². The molecule has 0 unspecified atom stereocenters. The molecule has 0 heterocycles. The number of hydrogen-bond donors (Lipinski definition) is 2. The molecule has 0 aromatic heterocycles. The lowest BCUT2D eigenvalue weighted by atomic mass is 9.94. The summed E-state index contributed by atoms with van der Waals surface area (Å²) in [5.41, 5.74) is 0. The first-order chi connectivity index (χ1) is 12.9. The SMILES string of the molecule is CCC(CC)NC1CCCCC1.O=S(=O)(O)C(F)(F)C(F)(F)C(F)(F)C(F)(F)F. The Labute approximate surface area is 163 Å². The van der Waals surface area contributed by atoms with Crippen molar-refractivity contribution in [2.75, 3.05) is 0 Å². The van der Waals surface area contributed by atoms with E-state index in [0.717, 1.165) is 12.1 Å². The predicted octanol–water partition coefficient (Wildman–Crippen LogP) is 5.40. The van der Waals surface area contributed by atoms with Crippen LogP contribution in [0.3, 0.4) is 0 Å².